The van der Waals surface area contributed by atoms with Crippen molar-refractivity contribution in [3.8, 4) is 0 Å². The topological polar surface area (TPSA) is 52.7 Å². The van der Waals surface area contributed by atoms with Gasteiger partial charge in [0.1, 0.15) is 6.04 Å². The van der Waals surface area contributed by atoms with Gasteiger partial charge in [-0.05, 0) is 71.6 Å². The first kappa shape index (κ1) is 20.9. The molecule has 158 valence electrons. The van der Waals surface area contributed by atoms with Gasteiger partial charge in [0, 0.05) is 24.1 Å². The maximum atomic E-state index is 13.2. The van der Waals surface area contributed by atoms with E-state index in [1.54, 1.807) is 4.90 Å². The quantitative estimate of drug-likeness (QED) is 0.689. The SMILES string of the molecule is O=C(C1CCCN1C(=O)Nc1ccccc1Br)N1CCC(Cc2ccccc2)CC1. The highest BCUT2D eigenvalue weighted by molar-refractivity contribution is 9.10. The van der Waals surface area contributed by atoms with E-state index in [1.807, 2.05) is 35.2 Å². The minimum atomic E-state index is -0.349. The lowest BCUT2D eigenvalue weighted by molar-refractivity contribution is -0.136. The number of anilines is 1. The van der Waals surface area contributed by atoms with Gasteiger partial charge in [-0.25, -0.2) is 4.79 Å². The number of nitrogens with one attached hydrogen (secondary N) is 1. The van der Waals surface area contributed by atoms with Crippen LogP contribution in [0, 0.1) is 5.92 Å². The molecule has 2 heterocycles. The number of rotatable bonds is 4. The van der Waals surface area contributed by atoms with Gasteiger partial charge in [-0.1, -0.05) is 42.5 Å². The van der Waals surface area contributed by atoms with Crippen molar-refractivity contribution in [2.24, 2.45) is 5.92 Å². The second kappa shape index (κ2) is 9.65. The first-order chi connectivity index (χ1) is 14.6. The third-order valence-corrected chi connectivity index (χ3v) is 6.90. The van der Waals surface area contributed by atoms with Crippen molar-refractivity contribution in [2.45, 2.75) is 38.1 Å². The molecule has 5 nitrogen and oxygen atoms in total. The second-order valence-electron chi connectivity index (χ2n) is 8.22. The molecule has 0 saturated carbocycles. The fourth-order valence-corrected chi connectivity index (χ4v) is 4.92. The number of halogens is 1. The van der Waals surface area contributed by atoms with Crippen LogP contribution < -0.4 is 5.32 Å². The third-order valence-electron chi connectivity index (χ3n) is 6.21. The molecule has 2 aromatic rings. The number of para-hydroxylation sites is 1. The van der Waals surface area contributed by atoms with Crippen LogP contribution >= 0.6 is 15.9 Å². The Labute approximate surface area is 186 Å². The van der Waals surface area contributed by atoms with Crippen molar-refractivity contribution < 1.29 is 9.59 Å². The molecule has 0 spiro atoms. The van der Waals surface area contributed by atoms with Gasteiger partial charge in [-0.3, -0.25) is 4.79 Å². The van der Waals surface area contributed by atoms with Gasteiger partial charge in [0.2, 0.25) is 5.91 Å². The van der Waals surface area contributed by atoms with Crippen LogP contribution in [0.1, 0.15) is 31.2 Å². The van der Waals surface area contributed by atoms with Crippen molar-refractivity contribution in [3.05, 3.63) is 64.6 Å². The highest BCUT2D eigenvalue weighted by Crippen LogP contribution is 2.27. The summed E-state index contributed by atoms with van der Waals surface area (Å²) in [6.07, 6.45) is 4.73. The van der Waals surface area contributed by atoms with Gasteiger partial charge in [0.05, 0.1) is 5.69 Å². The lowest BCUT2D eigenvalue weighted by Gasteiger charge is -2.35. The van der Waals surface area contributed by atoms with Crippen molar-refractivity contribution in [1.82, 2.24) is 9.80 Å². The maximum absolute atomic E-state index is 13.2. The molecular weight excluding hydrogens is 442 g/mol. The van der Waals surface area contributed by atoms with E-state index in [0.717, 1.165) is 55.4 Å². The molecule has 1 unspecified atom stereocenters. The zero-order valence-electron chi connectivity index (χ0n) is 17.1. The average molecular weight is 470 g/mol. The van der Waals surface area contributed by atoms with Gasteiger partial charge < -0.3 is 15.1 Å². The summed E-state index contributed by atoms with van der Waals surface area (Å²) < 4.78 is 0.834. The van der Waals surface area contributed by atoms with Crippen molar-refractivity contribution in [2.75, 3.05) is 25.0 Å². The number of urea groups is 1. The lowest BCUT2D eigenvalue weighted by atomic mass is 9.90. The van der Waals surface area contributed by atoms with Gasteiger partial charge in [0.25, 0.3) is 0 Å². The first-order valence-electron chi connectivity index (χ1n) is 10.8. The Hall–Kier alpha value is -2.34. The number of carbonyl (C=O) groups excluding carboxylic acids is 2. The van der Waals surface area contributed by atoms with E-state index in [2.05, 4.69) is 45.5 Å². The van der Waals surface area contributed by atoms with Gasteiger partial charge in [-0.2, -0.15) is 0 Å². The fourth-order valence-electron chi connectivity index (χ4n) is 4.53. The molecule has 2 aromatic carbocycles. The molecule has 3 amide bonds. The average Bonchev–Trinajstić information content (AvgIpc) is 3.26. The summed E-state index contributed by atoms with van der Waals surface area (Å²) in [4.78, 5) is 29.7. The Morgan fingerprint density at radius 2 is 1.63 bits per heavy atom. The molecule has 0 aromatic heterocycles. The Kier molecular flexibility index (Phi) is 6.72. The normalized spacial score (nSPS) is 19.7. The van der Waals surface area contributed by atoms with E-state index < -0.39 is 0 Å². The molecule has 30 heavy (non-hydrogen) atoms. The Bertz CT molecular complexity index is 881. The largest absolute Gasteiger partial charge is 0.341 e. The van der Waals surface area contributed by atoms with Crippen LogP contribution in [0.4, 0.5) is 10.5 Å². The highest BCUT2D eigenvalue weighted by Gasteiger charge is 2.37. The molecular formula is C24H28BrN3O2. The number of benzene rings is 2. The Morgan fingerprint density at radius 3 is 2.37 bits per heavy atom. The summed E-state index contributed by atoms with van der Waals surface area (Å²) in [5.74, 6) is 0.725. The molecule has 2 aliphatic rings. The van der Waals surface area contributed by atoms with E-state index in [9.17, 15) is 9.59 Å². The van der Waals surface area contributed by atoms with E-state index in [4.69, 9.17) is 0 Å². The number of piperidine rings is 1. The van der Waals surface area contributed by atoms with Crippen LogP contribution in [0.3, 0.4) is 0 Å². The van der Waals surface area contributed by atoms with E-state index >= 15 is 0 Å². The molecule has 4 rings (SSSR count). The van der Waals surface area contributed by atoms with Crippen LogP contribution in [0.5, 0.6) is 0 Å². The maximum Gasteiger partial charge on any atom is 0.322 e. The summed E-state index contributed by atoms with van der Waals surface area (Å²) in [6, 6.07) is 17.6. The summed E-state index contributed by atoms with van der Waals surface area (Å²) in [5.41, 5.74) is 2.09. The van der Waals surface area contributed by atoms with Crippen LogP contribution in [0.25, 0.3) is 0 Å². The first-order valence-corrected chi connectivity index (χ1v) is 11.6. The molecule has 1 atom stereocenters. The third kappa shape index (κ3) is 4.86. The fraction of sp³-hybridized carbons (Fsp3) is 0.417. The number of amides is 3. The molecule has 0 radical (unpaired) electrons. The van der Waals surface area contributed by atoms with Gasteiger partial charge in [0.15, 0.2) is 0 Å². The minimum absolute atomic E-state index is 0.105. The van der Waals surface area contributed by atoms with Gasteiger partial charge >= 0.3 is 6.03 Å². The lowest BCUT2D eigenvalue weighted by Crippen LogP contribution is -2.51. The number of hydrogen-bond acceptors (Lipinski definition) is 2. The van der Waals surface area contributed by atoms with Crippen molar-refractivity contribution in [3.63, 3.8) is 0 Å². The predicted octanol–water partition coefficient (Wildman–Crippen LogP) is 4.93. The minimum Gasteiger partial charge on any atom is -0.341 e. The Balaban J connectivity index is 1.32. The summed E-state index contributed by atoms with van der Waals surface area (Å²) in [5, 5.41) is 2.94. The number of nitrogens with zero attached hydrogens (tertiary/aromatic N) is 2. The molecule has 6 heteroatoms. The van der Waals surface area contributed by atoms with Crippen LogP contribution in [0.15, 0.2) is 59.1 Å². The number of hydrogen-bond donors (Lipinski definition) is 1. The predicted molar refractivity (Wildman–Crippen MR) is 122 cm³/mol. The molecule has 0 bridgehead atoms. The molecule has 0 aliphatic carbocycles. The zero-order valence-corrected chi connectivity index (χ0v) is 18.7. The van der Waals surface area contributed by atoms with Crippen LogP contribution in [-0.4, -0.2) is 47.4 Å². The summed E-state index contributed by atoms with van der Waals surface area (Å²) >= 11 is 3.46. The second-order valence-corrected chi connectivity index (χ2v) is 9.07. The van der Waals surface area contributed by atoms with E-state index in [-0.39, 0.29) is 18.0 Å². The standard InChI is InChI=1S/C24H28BrN3O2/c25-20-9-4-5-10-21(20)26-24(30)28-14-6-11-22(28)23(29)27-15-12-19(13-16-27)17-18-7-2-1-3-8-18/h1-5,7-10,19,22H,6,11-17H2,(H,26,30). The molecule has 2 aliphatic heterocycles. The van der Waals surface area contributed by atoms with Crippen LogP contribution in [0.2, 0.25) is 0 Å². The van der Waals surface area contributed by atoms with E-state index in [1.165, 1.54) is 5.56 Å². The number of carbonyl (C=O) groups is 2. The monoisotopic (exact) mass is 469 g/mol. The van der Waals surface area contributed by atoms with E-state index in [0.29, 0.717) is 12.5 Å². The smallest absolute Gasteiger partial charge is 0.322 e. The summed E-state index contributed by atoms with van der Waals surface area (Å²) in [7, 11) is 0. The van der Waals surface area contributed by atoms with Crippen molar-refractivity contribution in [1.29, 1.82) is 0 Å². The highest BCUT2D eigenvalue weighted by atomic mass is 79.9. The summed E-state index contributed by atoms with van der Waals surface area (Å²) in [6.45, 7) is 2.19. The van der Waals surface area contributed by atoms with Crippen molar-refractivity contribution >= 4 is 33.6 Å². The number of likely N-dealkylation sites (tertiary alicyclic amines) is 2. The zero-order chi connectivity index (χ0) is 20.9. The van der Waals surface area contributed by atoms with Gasteiger partial charge in [-0.15, -0.1) is 0 Å². The molecule has 2 saturated heterocycles. The van der Waals surface area contributed by atoms with Crippen LogP contribution in [-0.2, 0) is 11.2 Å². The molecule has 2 fully saturated rings. The molecule has 1 N–H and O–H groups in total. The Morgan fingerprint density at radius 1 is 0.933 bits per heavy atom.